The number of hydrogen-bond donors (Lipinski definition) is 2. The van der Waals surface area contributed by atoms with Crippen LogP contribution in [0.1, 0.15) is 18.7 Å². The number of nitrogens with one attached hydrogen (secondary N) is 2. The number of esters is 1. The van der Waals surface area contributed by atoms with Crippen LogP contribution in [0.3, 0.4) is 0 Å². The standard InChI is InChI=1S/C19H20FN3O4/c1-3-26-18(24)16-14(11-23(2)13-8-6-12(20)7-9-13)21-19(25)22-17(16)15-5-4-10-27-15/h4-10,17H,3,11H2,1-2H3,(H2,21,22,25)/t17-/m1/s1. The molecule has 2 N–H and O–H groups in total. The first-order valence-electron chi connectivity index (χ1n) is 8.47. The van der Waals surface area contributed by atoms with Gasteiger partial charge in [0.25, 0.3) is 0 Å². The Morgan fingerprint density at radius 2 is 2.04 bits per heavy atom. The van der Waals surface area contributed by atoms with Crippen molar-refractivity contribution in [2.75, 3.05) is 25.1 Å². The summed E-state index contributed by atoms with van der Waals surface area (Å²) < 4.78 is 23.7. The summed E-state index contributed by atoms with van der Waals surface area (Å²) >= 11 is 0. The zero-order valence-electron chi connectivity index (χ0n) is 15.0. The van der Waals surface area contributed by atoms with E-state index in [2.05, 4.69) is 10.6 Å². The number of likely N-dealkylation sites (N-methyl/N-ethyl adjacent to an activating group) is 1. The molecular formula is C19H20FN3O4. The molecular weight excluding hydrogens is 353 g/mol. The molecule has 0 saturated carbocycles. The van der Waals surface area contributed by atoms with E-state index in [0.29, 0.717) is 11.5 Å². The maximum atomic E-state index is 13.2. The molecule has 2 amide bonds. The van der Waals surface area contributed by atoms with Gasteiger partial charge in [-0.2, -0.15) is 0 Å². The molecule has 2 aromatic rings. The number of rotatable bonds is 6. The average Bonchev–Trinajstić information content (AvgIpc) is 3.16. The fourth-order valence-electron chi connectivity index (χ4n) is 2.89. The van der Waals surface area contributed by atoms with E-state index in [1.54, 1.807) is 43.1 Å². The first-order valence-corrected chi connectivity index (χ1v) is 8.47. The number of benzene rings is 1. The molecule has 142 valence electrons. The third kappa shape index (κ3) is 4.11. The maximum Gasteiger partial charge on any atom is 0.338 e. The number of ether oxygens (including phenoxy) is 1. The van der Waals surface area contributed by atoms with Gasteiger partial charge in [-0.25, -0.2) is 14.0 Å². The third-order valence-electron chi connectivity index (χ3n) is 4.14. The van der Waals surface area contributed by atoms with Gasteiger partial charge in [-0.15, -0.1) is 0 Å². The van der Waals surface area contributed by atoms with E-state index in [9.17, 15) is 14.0 Å². The molecule has 0 unspecified atom stereocenters. The lowest BCUT2D eigenvalue weighted by Gasteiger charge is -2.30. The third-order valence-corrected chi connectivity index (χ3v) is 4.14. The minimum Gasteiger partial charge on any atom is -0.467 e. The molecule has 2 heterocycles. The van der Waals surface area contributed by atoms with Crippen molar-refractivity contribution in [2.24, 2.45) is 0 Å². The van der Waals surface area contributed by atoms with Crippen molar-refractivity contribution in [1.29, 1.82) is 0 Å². The van der Waals surface area contributed by atoms with Crippen LogP contribution < -0.4 is 15.5 Å². The second-order valence-electron chi connectivity index (χ2n) is 5.99. The molecule has 0 fully saturated rings. The largest absolute Gasteiger partial charge is 0.467 e. The van der Waals surface area contributed by atoms with Crippen LogP contribution in [0.5, 0.6) is 0 Å². The molecule has 1 atom stereocenters. The molecule has 1 aromatic carbocycles. The number of carbonyl (C=O) groups excluding carboxylic acids is 2. The number of halogens is 1. The zero-order valence-corrected chi connectivity index (χ0v) is 15.0. The van der Waals surface area contributed by atoms with Crippen LogP contribution in [0, 0.1) is 5.82 Å². The molecule has 8 heteroatoms. The van der Waals surface area contributed by atoms with Crippen LogP contribution in [-0.4, -0.2) is 32.2 Å². The van der Waals surface area contributed by atoms with Gasteiger partial charge in [0, 0.05) is 12.7 Å². The molecule has 1 aliphatic rings. The average molecular weight is 373 g/mol. The first-order chi connectivity index (χ1) is 13.0. The van der Waals surface area contributed by atoms with E-state index < -0.39 is 18.0 Å². The van der Waals surface area contributed by atoms with Crippen LogP contribution in [0.15, 0.2) is 58.3 Å². The van der Waals surface area contributed by atoms with Crippen LogP contribution in [0.2, 0.25) is 0 Å². The Bertz CT molecular complexity index is 846. The maximum absolute atomic E-state index is 13.2. The number of amides is 2. The van der Waals surface area contributed by atoms with Crippen molar-refractivity contribution in [1.82, 2.24) is 10.6 Å². The number of hydrogen-bond acceptors (Lipinski definition) is 5. The number of anilines is 1. The lowest BCUT2D eigenvalue weighted by Crippen LogP contribution is -2.48. The molecule has 0 bridgehead atoms. The molecule has 0 saturated heterocycles. The van der Waals surface area contributed by atoms with Gasteiger partial charge in [-0.3, -0.25) is 0 Å². The van der Waals surface area contributed by atoms with Crippen LogP contribution in [0.4, 0.5) is 14.9 Å². The normalized spacial score (nSPS) is 16.6. The van der Waals surface area contributed by atoms with E-state index in [1.807, 2.05) is 0 Å². The summed E-state index contributed by atoms with van der Waals surface area (Å²) in [7, 11) is 1.78. The quantitative estimate of drug-likeness (QED) is 0.761. The molecule has 27 heavy (non-hydrogen) atoms. The molecule has 0 spiro atoms. The van der Waals surface area contributed by atoms with Gasteiger partial charge in [0.2, 0.25) is 0 Å². The van der Waals surface area contributed by atoms with Gasteiger partial charge in [0.15, 0.2) is 0 Å². The second-order valence-corrected chi connectivity index (χ2v) is 5.99. The molecule has 0 radical (unpaired) electrons. The highest BCUT2D eigenvalue weighted by Crippen LogP contribution is 2.29. The fraction of sp³-hybridized carbons (Fsp3) is 0.263. The highest BCUT2D eigenvalue weighted by atomic mass is 19.1. The van der Waals surface area contributed by atoms with E-state index in [4.69, 9.17) is 9.15 Å². The highest BCUT2D eigenvalue weighted by Gasteiger charge is 2.35. The number of carbonyl (C=O) groups is 2. The number of urea groups is 1. The van der Waals surface area contributed by atoms with Crippen molar-refractivity contribution in [3.63, 3.8) is 0 Å². The van der Waals surface area contributed by atoms with Crippen molar-refractivity contribution in [2.45, 2.75) is 13.0 Å². The first kappa shape index (κ1) is 18.5. The minimum atomic E-state index is -0.760. The predicted octanol–water partition coefficient (Wildman–Crippen LogP) is 2.73. The Kier molecular flexibility index (Phi) is 5.44. The van der Waals surface area contributed by atoms with Crippen LogP contribution in [0.25, 0.3) is 0 Å². The van der Waals surface area contributed by atoms with Crippen molar-refractivity contribution in [3.8, 4) is 0 Å². The molecule has 3 rings (SSSR count). The summed E-state index contributed by atoms with van der Waals surface area (Å²) in [6.45, 7) is 2.12. The lowest BCUT2D eigenvalue weighted by molar-refractivity contribution is -0.139. The Labute approximate surface area is 155 Å². The molecule has 7 nitrogen and oxygen atoms in total. The SMILES string of the molecule is CCOC(=O)C1=C(CN(C)c2ccc(F)cc2)NC(=O)N[C@@H]1c1ccco1. The van der Waals surface area contributed by atoms with Gasteiger partial charge in [0.1, 0.15) is 17.6 Å². The fourth-order valence-corrected chi connectivity index (χ4v) is 2.89. The van der Waals surface area contributed by atoms with E-state index in [0.717, 1.165) is 5.69 Å². The zero-order chi connectivity index (χ0) is 19.4. The summed E-state index contributed by atoms with van der Waals surface area (Å²) in [5.74, 6) is -0.463. The van der Waals surface area contributed by atoms with Crippen molar-refractivity contribution in [3.05, 3.63) is 65.5 Å². The van der Waals surface area contributed by atoms with Crippen LogP contribution >= 0.6 is 0 Å². The topological polar surface area (TPSA) is 83.8 Å². The molecule has 0 aliphatic carbocycles. The van der Waals surface area contributed by atoms with E-state index >= 15 is 0 Å². The Morgan fingerprint density at radius 1 is 1.30 bits per heavy atom. The summed E-state index contributed by atoms with van der Waals surface area (Å²) in [6.07, 6.45) is 1.47. The highest BCUT2D eigenvalue weighted by molar-refractivity contribution is 5.95. The summed E-state index contributed by atoms with van der Waals surface area (Å²) in [4.78, 5) is 26.5. The second kappa shape index (κ2) is 7.94. The van der Waals surface area contributed by atoms with Gasteiger partial charge in [-0.1, -0.05) is 0 Å². The van der Waals surface area contributed by atoms with Gasteiger partial charge in [0.05, 0.1) is 30.7 Å². The van der Waals surface area contributed by atoms with Crippen molar-refractivity contribution < 1.29 is 23.1 Å². The van der Waals surface area contributed by atoms with Gasteiger partial charge < -0.3 is 24.7 Å². The minimum absolute atomic E-state index is 0.197. The van der Waals surface area contributed by atoms with E-state index in [-0.39, 0.29) is 24.5 Å². The monoisotopic (exact) mass is 373 g/mol. The van der Waals surface area contributed by atoms with Crippen LogP contribution in [-0.2, 0) is 9.53 Å². The summed E-state index contributed by atoms with van der Waals surface area (Å²) in [6, 6.07) is 8.07. The molecule has 1 aromatic heterocycles. The van der Waals surface area contributed by atoms with Gasteiger partial charge in [-0.05, 0) is 43.3 Å². The Balaban J connectivity index is 1.97. The Morgan fingerprint density at radius 3 is 2.67 bits per heavy atom. The molecule has 1 aliphatic heterocycles. The summed E-state index contributed by atoms with van der Waals surface area (Å²) in [5.41, 5.74) is 1.39. The Hall–Kier alpha value is -3.29. The number of furan rings is 1. The van der Waals surface area contributed by atoms with Crippen molar-refractivity contribution >= 4 is 17.7 Å². The smallest absolute Gasteiger partial charge is 0.338 e. The lowest BCUT2D eigenvalue weighted by atomic mass is 10.00. The van der Waals surface area contributed by atoms with E-state index in [1.165, 1.54) is 18.4 Å². The van der Waals surface area contributed by atoms with Gasteiger partial charge >= 0.3 is 12.0 Å². The number of nitrogens with zero attached hydrogens (tertiary/aromatic N) is 1. The predicted molar refractivity (Wildman–Crippen MR) is 96.4 cm³/mol. The summed E-state index contributed by atoms with van der Waals surface area (Å²) in [5, 5.41) is 5.37.